The molecule has 3 rings (SSSR count). The number of hydrogen-bond acceptors (Lipinski definition) is 4. The molecule has 2 N–H and O–H groups in total. The third kappa shape index (κ3) is 3.76. The molecular weight excluding hydrogens is 342 g/mol. The van der Waals surface area contributed by atoms with Gasteiger partial charge in [-0.2, -0.15) is 0 Å². The molecule has 1 unspecified atom stereocenters. The van der Waals surface area contributed by atoms with Crippen LogP contribution in [0.2, 0.25) is 0 Å². The standard InChI is InChI=1S/C17H22BrN3O/c18-15-9-5-8-14(20-15)17(12-6-1-2-7-13(12)19)21-16-10-3-4-11-22-16/h5,8-9,16,19,21H,1-4,6-7,10-11H2/b17-12-,19-13?. The van der Waals surface area contributed by atoms with Gasteiger partial charge in [0.05, 0.1) is 11.4 Å². The lowest BCUT2D eigenvalue weighted by Gasteiger charge is -2.28. The number of halogens is 1. The fourth-order valence-corrected chi connectivity index (χ4v) is 3.40. The first-order valence-electron chi connectivity index (χ1n) is 8.06. The zero-order chi connectivity index (χ0) is 15.4. The molecule has 1 aliphatic heterocycles. The van der Waals surface area contributed by atoms with Crippen LogP contribution >= 0.6 is 15.9 Å². The molecule has 0 bridgehead atoms. The maximum atomic E-state index is 8.32. The molecule has 0 radical (unpaired) electrons. The topological polar surface area (TPSA) is 58.0 Å². The molecule has 1 aromatic rings. The Bertz CT molecular complexity index is 579. The van der Waals surface area contributed by atoms with Gasteiger partial charge in [0.1, 0.15) is 10.8 Å². The van der Waals surface area contributed by atoms with Crippen LogP contribution in [0.15, 0.2) is 28.4 Å². The average molecular weight is 364 g/mol. The number of nitrogens with one attached hydrogen (secondary N) is 2. The average Bonchev–Trinajstić information content (AvgIpc) is 2.54. The maximum absolute atomic E-state index is 8.32. The van der Waals surface area contributed by atoms with Crippen LogP contribution in [0.25, 0.3) is 5.70 Å². The van der Waals surface area contributed by atoms with Crippen molar-refractivity contribution < 1.29 is 4.74 Å². The third-order valence-corrected chi connectivity index (χ3v) is 4.67. The van der Waals surface area contributed by atoms with Crippen molar-refractivity contribution in [3.63, 3.8) is 0 Å². The summed E-state index contributed by atoms with van der Waals surface area (Å²) in [7, 11) is 0. The smallest absolute Gasteiger partial charge is 0.127 e. The Labute approximate surface area is 140 Å². The Kier molecular flexibility index (Phi) is 5.26. The van der Waals surface area contributed by atoms with Crippen LogP contribution in [0.5, 0.6) is 0 Å². The number of allylic oxidation sites excluding steroid dienone is 1. The second-order valence-corrected chi connectivity index (χ2v) is 6.70. The van der Waals surface area contributed by atoms with E-state index in [-0.39, 0.29) is 6.23 Å². The van der Waals surface area contributed by atoms with Gasteiger partial charge >= 0.3 is 0 Å². The predicted molar refractivity (Wildman–Crippen MR) is 91.8 cm³/mol. The first kappa shape index (κ1) is 15.7. The summed E-state index contributed by atoms with van der Waals surface area (Å²) in [5.41, 5.74) is 3.72. The lowest BCUT2D eigenvalue weighted by molar-refractivity contribution is 0.00517. The normalized spacial score (nSPS) is 25.0. The highest BCUT2D eigenvalue weighted by molar-refractivity contribution is 9.10. The molecule has 22 heavy (non-hydrogen) atoms. The van der Waals surface area contributed by atoms with Gasteiger partial charge in [-0.05, 0) is 78.6 Å². The first-order chi connectivity index (χ1) is 10.7. The fourth-order valence-electron chi connectivity index (χ4n) is 3.06. The van der Waals surface area contributed by atoms with Crippen LogP contribution < -0.4 is 5.32 Å². The van der Waals surface area contributed by atoms with Gasteiger partial charge in [-0.15, -0.1) is 0 Å². The molecule has 0 aromatic carbocycles. The molecule has 4 nitrogen and oxygen atoms in total. The summed E-state index contributed by atoms with van der Waals surface area (Å²) >= 11 is 3.45. The molecule has 1 aliphatic carbocycles. The van der Waals surface area contributed by atoms with Gasteiger partial charge in [-0.25, -0.2) is 4.98 Å². The summed E-state index contributed by atoms with van der Waals surface area (Å²) in [5.74, 6) is 0. The Morgan fingerprint density at radius 1 is 1.23 bits per heavy atom. The number of pyridine rings is 1. The summed E-state index contributed by atoms with van der Waals surface area (Å²) < 4.78 is 6.65. The maximum Gasteiger partial charge on any atom is 0.127 e. The van der Waals surface area contributed by atoms with E-state index >= 15 is 0 Å². The van der Waals surface area contributed by atoms with Crippen molar-refractivity contribution in [1.29, 1.82) is 5.41 Å². The minimum absolute atomic E-state index is 0.0340. The van der Waals surface area contributed by atoms with E-state index in [4.69, 9.17) is 10.1 Å². The summed E-state index contributed by atoms with van der Waals surface area (Å²) in [6.45, 7) is 0.809. The molecule has 5 heteroatoms. The lowest BCUT2D eigenvalue weighted by Crippen LogP contribution is -2.35. The van der Waals surface area contributed by atoms with Gasteiger partial charge in [-0.1, -0.05) is 6.07 Å². The SMILES string of the molecule is N=C1CCCC/C1=C(/NC1CCCCO1)c1cccc(Br)n1. The molecule has 1 saturated heterocycles. The molecule has 2 heterocycles. The number of hydrogen-bond donors (Lipinski definition) is 2. The minimum Gasteiger partial charge on any atom is -0.359 e. The quantitative estimate of drug-likeness (QED) is 0.788. The number of ether oxygens (including phenoxy) is 1. The van der Waals surface area contributed by atoms with Crippen LogP contribution in [0, 0.1) is 5.41 Å². The second kappa shape index (κ2) is 7.38. The molecule has 1 aromatic heterocycles. The summed E-state index contributed by atoms with van der Waals surface area (Å²) in [5, 5.41) is 11.9. The highest BCUT2D eigenvalue weighted by Crippen LogP contribution is 2.28. The van der Waals surface area contributed by atoms with Crippen LogP contribution in [-0.4, -0.2) is 23.5 Å². The van der Waals surface area contributed by atoms with Crippen molar-refractivity contribution in [1.82, 2.24) is 10.3 Å². The van der Waals surface area contributed by atoms with E-state index in [2.05, 4.69) is 26.2 Å². The van der Waals surface area contributed by atoms with E-state index in [0.29, 0.717) is 0 Å². The van der Waals surface area contributed by atoms with Gasteiger partial charge in [0.2, 0.25) is 0 Å². The third-order valence-electron chi connectivity index (χ3n) is 4.23. The molecule has 2 fully saturated rings. The minimum atomic E-state index is 0.0340. The van der Waals surface area contributed by atoms with Crippen molar-refractivity contribution in [3.05, 3.63) is 34.1 Å². The van der Waals surface area contributed by atoms with E-state index in [1.165, 1.54) is 6.42 Å². The van der Waals surface area contributed by atoms with Crippen LogP contribution in [0.4, 0.5) is 0 Å². The molecule has 1 atom stereocenters. The Morgan fingerprint density at radius 3 is 2.82 bits per heavy atom. The zero-order valence-electron chi connectivity index (χ0n) is 12.7. The van der Waals surface area contributed by atoms with E-state index in [0.717, 1.165) is 72.4 Å². The molecule has 1 saturated carbocycles. The Balaban J connectivity index is 1.94. The van der Waals surface area contributed by atoms with Gasteiger partial charge < -0.3 is 15.5 Å². The Hall–Kier alpha value is -1.20. The van der Waals surface area contributed by atoms with Gasteiger partial charge in [0.25, 0.3) is 0 Å². The van der Waals surface area contributed by atoms with Crippen molar-refractivity contribution in [3.8, 4) is 0 Å². The van der Waals surface area contributed by atoms with E-state index in [1.807, 2.05) is 18.2 Å². The molecule has 118 valence electrons. The largest absolute Gasteiger partial charge is 0.359 e. The fraction of sp³-hybridized carbons (Fsp3) is 0.529. The second-order valence-electron chi connectivity index (χ2n) is 5.88. The molecule has 0 amide bonds. The predicted octanol–water partition coefficient (Wildman–Crippen LogP) is 4.27. The van der Waals surface area contributed by atoms with Crippen molar-refractivity contribution in [2.75, 3.05) is 6.61 Å². The van der Waals surface area contributed by atoms with Crippen molar-refractivity contribution in [2.24, 2.45) is 0 Å². The highest BCUT2D eigenvalue weighted by atomic mass is 79.9. The highest BCUT2D eigenvalue weighted by Gasteiger charge is 2.22. The van der Waals surface area contributed by atoms with Crippen molar-refractivity contribution >= 4 is 27.3 Å². The summed E-state index contributed by atoms with van der Waals surface area (Å²) in [6, 6.07) is 5.92. The molecular formula is C17H22BrN3O. The molecule has 0 spiro atoms. The number of rotatable bonds is 3. The van der Waals surface area contributed by atoms with E-state index in [9.17, 15) is 0 Å². The van der Waals surface area contributed by atoms with Crippen molar-refractivity contribution in [2.45, 2.75) is 51.2 Å². The monoisotopic (exact) mass is 363 g/mol. The zero-order valence-corrected chi connectivity index (χ0v) is 14.3. The van der Waals surface area contributed by atoms with Crippen LogP contribution in [0.1, 0.15) is 50.6 Å². The molecule has 2 aliphatic rings. The van der Waals surface area contributed by atoms with E-state index in [1.54, 1.807) is 0 Å². The number of nitrogens with zero attached hydrogens (tertiary/aromatic N) is 1. The Morgan fingerprint density at radius 2 is 2.09 bits per heavy atom. The number of aromatic nitrogens is 1. The van der Waals surface area contributed by atoms with Crippen LogP contribution in [-0.2, 0) is 4.74 Å². The van der Waals surface area contributed by atoms with E-state index < -0.39 is 0 Å². The van der Waals surface area contributed by atoms with Gasteiger partial charge in [-0.3, -0.25) is 0 Å². The first-order valence-corrected chi connectivity index (χ1v) is 8.85. The summed E-state index contributed by atoms with van der Waals surface area (Å²) in [6.07, 6.45) is 7.43. The lowest BCUT2D eigenvalue weighted by atomic mass is 9.90. The van der Waals surface area contributed by atoms with Crippen LogP contribution in [0.3, 0.4) is 0 Å². The van der Waals surface area contributed by atoms with Gasteiger partial charge in [0, 0.05) is 12.3 Å². The summed E-state index contributed by atoms with van der Waals surface area (Å²) in [4.78, 5) is 4.59. The van der Waals surface area contributed by atoms with Gasteiger partial charge in [0.15, 0.2) is 0 Å².